The minimum absolute atomic E-state index is 0.0928. The second kappa shape index (κ2) is 9.11. The van der Waals surface area contributed by atoms with E-state index < -0.39 is 11.9 Å². The highest BCUT2D eigenvalue weighted by Crippen LogP contribution is 2.13. The fraction of sp³-hybridized carbons (Fsp3) is 0.211. The third-order valence-electron chi connectivity index (χ3n) is 3.42. The van der Waals surface area contributed by atoms with E-state index in [0.717, 1.165) is 5.56 Å². The lowest BCUT2D eigenvalue weighted by Gasteiger charge is -2.19. The van der Waals surface area contributed by atoms with Gasteiger partial charge in [-0.15, -0.1) is 0 Å². The zero-order chi connectivity index (χ0) is 17.2. The first-order valence-electron chi connectivity index (χ1n) is 7.62. The summed E-state index contributed by atoms with van der Waals surface area (Å²) in [5.74, 6) is -0.854. The number of hydrogen-bond donors (Lipinski definition) is 0. The van der Waals surface area contributed by atoms with Crippen LogP contribution < -0.4 is 4.90 Å². The number of amides is 1. The fourth-order valence-electron chi connectivity index (χ4n) is 2.19. The van der Waals surface area contributed by atoms with Crippen LogP contribution in [0.4, 0.5) is 5.69 Å². The van der Waals surface area contributed by atoms with Gasteiger partial charge in [-0.05, 0) is 24.1 Å². The van der Waals surface area contributed by atoms with E-state index in [2.05, 4.69) is 0 Å². The van der Waals surface area contributed by atoms with Crippen molar-refractivity contribution < 1.29 is 14.3 Å². The van der Waals surface area contributed by atoms with Crippen LogP contribution in [0.25, 0.3) is 0 Å². The zero-order valence-electron chi connectivity index (χ0n) is 13.2. The summed E-state index contributed by atoms with van der Waals surface area (Å²) < 4.78 is 5.03. The molecular formula is C19H18N2O3. The maximum absolute atomic E-state index is 12.2. The Bertz CT molecular complexity index is 708. The highest BCUT2D eigenvalue weighted by Gasteiger charge is 2.17. The van der Waals surface area contributed by atoms with Gasteiger partial charge in [0.25, 0.3) is 5.91 Å². The average molecular weight is 322 g/mol. The number of para-hydroxylation sites is 1. The Hall–Kier alpha value is -3.13. The van der Waals surface area contributed by atoms with Crippen LogP contribution in [0.5, 0.6) is 0 Å². The number of hydrogen-bond acceptors (Lipinski definition) is 4. The summed E-state index contributed by atoms with van der Waals surface area (Å²) in [5.41, 5.74) is 1.64. The van der Waals surface area contributed by atoms with Gasteiger partial charge in [0, 0.05) is 12.1 Å². The standard InChI is InChI=1S/C19H18N2O3/c20-13-14-21(17-9-5-2-6-10-17)18(22)15-24-19(23)12-11-16-7-3-1-4-8-16/h1-10H,11-12,14-15H2. The predicted molar refractivity (Wildman–Crippen MR) is 90.1 cm³/mol. The van der Waals surface area contributed by atoms with Crippen LogP contribution >= 0.6 is 0 Å². The summed E-state index contributed by atoms with van der Waals surface area (Å²) in [6.07, 6.45) is 0.773. The molecule has 2 rings (SSSR count). The van der Waals surface area contributed by atoms with Crippen LogP contribution in [0.1, 0.15) is 12.0 Å². The van der Waals surface area contributed by atoms with Gasteiger partial charge in [-0.25, -0.2) is 0 Å². The number of carbonyl (C=O) groups excluding carboxylic acids is 2. The molecule has 0 saturated carbocycles. The molecular weight excluding hydrogens is 304 g/mol. The molecule has 0 atom stereocenters. The second-order valence-electron chi connectivity index (χ2n) is 5.12. The molecule has 122 valence electrons. The molecule has 1 amide bonds. The van der Waals surface area contributed by atoms with Crippen LogP contribution in [0.2, 0.25) is 0 Å². The van der Waals surface area contributed by atoms with Gasteiger partial charge in [-0.2, -0.15) is 5.26 Å². The summed E-state index contributed by atoms with van der Waals surface area (Å²) in [6, 6.07) is 20.4. The molecule has 0 heterocycles. The van der Waals surface area contributed by atoms with Crippen molar-refractivity contribution in [1.82, 2.24) is 0 Å². The SMILES string of the molecule is N#CCN(C(=O)COC(=O)CCc1ccccc1)c1ccccc1. The van der Waals surface area contributed by atoms with Crippen molar-refractivity contribution in [3.63, 3.8) is 0 Å². The second-order valence-corrected chi connectivity index (χ2v) is 5.12. The van der Waals surface area contributed by atoms with E-state index in [0.29, 0.717) is 12.1 Å². The van der Waals surface area contributed by atoms with Crippen molar-refractivity contribution in [1.29, 1.82) is 5.26 Å². The molecule has 0 saturated heterocycles. The topological polar surface area (TPSA) is 70.4 Å². The number of benzene rings is 2. The molecule has 0 aromatic heterocycles. The normalized spacial score (nSPS) is 9.79. The smallest absolute Gasteiger partial charge is 0.306 e. The van der Waals surface area contributed by atoms with Crippen LogP contribution in [-0.4, -0.2) is 25.0 Å². The van der Waals surface area contributed by atoms with Crippen molar-refractivity contribution in [2.45, 2.75) is 12.8 Å². The van der Waals surface area contributed by atoms with E-state index in [1.54, 1.807) is 24.3 Å². The predicted octanol–water partition coefficient (Wildman–Crippen LogP) is 2.72. The largest absolute Gasteiger partial charge is 0.456 e. The minimum Gasteiger partial charge on any atom is -0.456 e. The molecule has 0 aliphatic rings. The Morgan fingerprint density at radius 1 is 1.00 bits per heavy atom. The highest BCUT2D eigenvalue weighted by atomic mass is 16.5. The molecule has 0 N–H and O–H groups in total. The van der Waals surface area contributed by atoms with Crippen molar-refractivity contribution in [3.05, 3.63) is 66.2 Å². The van der Waals surface area contributed by atoms with E-state index in [1.165, 1.54) is 4.90 Å². The van der Waals surface area contributed by atoms with Crippen molar-refractivity contribution in [2.75, 3.05) is 18.1 Å². The first kappa shape index (κ1) is 17.2. The molecule has 5 nitrogen and oxygen atoms in total. The molecule has 0 fully saturated rings. The molecule has 2 aromatic rings. The van der Waals surface area contributed by atoms with E-state index in [4.69, 9.17) is 10.00 Å². The average Bonchev–Trinajstić information content (AvgIpc) is 2.64. The summed E-state index contributed by atoms with van der Waals surface area (Å²) in [6.45, 7) is -0.464. The van der Waals surface area contributed by atoms with Crippen molar-refractivity contribution in [3.8, 4) is 6.07 Å². The summed E-state index contributed by atoms with van der Waals surface area (Å²) in [7, 11) is 0. The Kier molecular flexibility index (Phi) is 6.54. The molecule has 0 spiro atoms. The number of ether oxygens (including phenoxy) is 1. The number of nitriles is 1. The molecule has 0 unspecified atom stereocenters. The van der Waals surface area contributed by atoms with Crippen LogP contribution in [0.15, 0.2) is 60.7 Å². The zero-order valence-corrected chi connectivity index (χ0v) is 13.2. The Morgan fingerprint density at radius 3 is 2.25 bits per heavy atom. The number of anilines is 1. The Labute approximate surface area is 141 Å². The quantitative estimate of drug-likeness (QED) is 0.580. The van der Waals surface area contributed by atoms with Gasteiger partial charge in [0.2, 0.25) is 0 Å². The molecule has 0 aliphatic heterocycles. The Balaban J connectivity index is 1.84. The first-order chi connectivity index (χ1) is 11.7. The van der Waals surface area contributed by atoms with Gasteiger partial charge in [-0.1, -0.05) is 48.5 Å². The van der Waals surface area contributed by atoms with Gasteiger partial charge < -0.3 is 4.74 Å². The number of esters is 1. The third-order valence-corrected chi connectivity index (χ3v) is 3.42. The van der Waals surface area contributed by atoms with E-state index >= 15 is 0 Å². The van der Waals surface area contributed by atoms with Gasteiger partial charge in [0.15, 0.2) is 6.61 Å². The minimum atomic E-state index is -0.433. The fourth-order valence-corrected chi connectivity index (χ4v) is 2.19. The monoisotopic (exact) mass is 322 g/mol. The van der Waals surface area contributed by atoms with Gasteiger partial charge in [0.1, 0.15) is 6.54 Å². The summed E-state index contributed by atoms with van der Waals surface area (Å²) in [5, 5.41) is 8.88. The van der Waals surface area contributed by atoms with Gasteiger partial charge >= 0.3 is 5.97 Å². The molecule has 2 aromatic carbocycles. The maximum atomic E-state index is 12.2. The van der Waals surface area contributed by atoms with Crippen LogP contribution in [-0.2, 0) is 20.7 Å². The summed E-state index contributed by atoms with van der Waals surface area (Å²) >= 11 is 0. The number of nitrogens with zero attached hydrogens (tertiary/aromatic N) is 2. The van der Waals surface area contributed by atoms with E-state index in [9.17, 15) is 9.59 Å². The summed E-state index contributed by atoms with van der Waals surface area (Å²) in [4.78, 5) is 25.3. The molecule has 0 aliphatic carbocycles. The molecule has 24 heavy (non-hydrogen) atoms. The number of aryl methyl sites for hydroxylation is 1. The van der Waals surface area contributed by atoms with E-state index in [-0.39, 0.29) is 19.6 Å². The third kappa shape index (κ3) is 5.25. The number of rotatable bonds is 7. The molecule has 0 bridgehead atoms. The van der Waals surface area contributed by atoms with Crippen LogP contribution in [0, 0.1) is 11.3 Å². The highest BCUT2D eigenvalue weighted by molar-refractivity contribution is 5.95. The van der Waals surface area contributed by atoms with Gasteiger partial charge in [0.05, 0.1) is 6.07 Å². The lowest BCUT2D eigenvalue weighted by atomic mass is 10.1. The van der Waals surface area contributed by atoms with Crippen molar-refractivity contribution >= 4 is 17.6 Å². The van der Waals surface area contributed by atoms with Crippen LogP contribution in [0.3, 0.4) is 0 Å². The Morgan fingerprint density at radius 2 is 1.62 bits per heavy atom. The number of carbonyl (C=O) groups is 2. The van der Waals surface area contributed by atoms with Crippen molar-refractivity contribution in [2.24, 2.45) is 0 Å². The molecule has 5 heteroatoms. The first-order valence-corrected chi connectivity index (χ1v) is 7.62. The van der Waals surface area contributed by atoms with Gasteiger partial charge in [-0.3, -0.25) is 14.5 Å². The van der Waals surface area contributed by atoms with E-state index in [1.807, 2.05) is 42.5 Å². The lowest BCUT2D eigenvalue weighted by Crippen LogP contribution is -2.35. The lowest BCUT2D eigenvalue weighted by molar-refractivity contribution is -0.147. The maximum Gasteiger partial charge on any atom is 0.306 e. The molecule has 0 radical (unpaired) electrons.